The maximum Gasteiger partial charge on any atom is 0.290 e. The zero-order valence-corrected chi connectivity index (χ0v) is 18.0. The molecule has 0 radical (unpaired) electrons. The highest BCUT2D eigenvalue weighted by Crippen LogP contribution is 2.34. The van der Waals surface area contributed by atoms with E-state index in [1.807, 2.05) is 12.1 Å². The van der Waals surface area contributed by atoms with Crippen LogP contribution in [0.2, 0.25) is 0 Å². The number of nitrogens with two attached hydrogens (primary N) is 1. The number of hydrogen-bond acceptors (Lipinski definition) is 6. The van der Waals surface area contributed by atoms with Crippen molar-refractivity contribution in [2.24, 2.45) is 0 Å². The minimum absolute atomic E-state index is 0.0484. The van der Waals surface area contributed by atoms with Gasteiger partial charge in [0.2, 0.25) is 0 Å². The van der Waals surface area contributed by atoms with Gasteiger partial charge in [0.15, 0.2) is 0 Å². The fraction of sp³-hybridized carbons (Fsp3) is 0.409. The number of aryl methyl sites for hydroxylation is 1. The molecule has 8 heteroatoms. The number of carbonyl (C=O) groups excluding carboxylic acids is 1. The molecule has 5 N–H and O–H groups in total. The highest BCUT2D eigenvalue weighted by atomic mass is 32.1. The number of carboxylic acid groups (broad SMARTS) is 1. The van der Waals surface area contributed by atoms with Crippen molar-refractivity contribution in [3.8, 4) is 10.4 Å². The molecule has 1 amide bonds. The van der Waals surface area contributed by atoms with Gasteiger partial charge in [0.25, 0.3) is 12.4 Å². The molecular weight excluding hydrogens is 400 g/mol. The lowest BCUT2D eigenvalue weighted by Crippen LogP contribution is -2.50. The third-order valence-electron chi connectivity index (χ3n) is 6.01. The van der Waals surface area contributed by atoms with Crippen molar-refractivity contribution >= 4 is 35.1 Å². The minimum Gasteiger partial charge on any atom is -0.483 e. The van der Waals surface area contributed by atoms with E-state index in [1.54, 1.807) is 17.4 Å². The molecule has 2 aromatic rings. The van der Waals surface area contributed by atoms with Crippen molar-refractivity contribution in [2.45, 2.75) is 50.7 Å². The Morgan fingerprint density at radius 3 is 2.43 bits per heavy atom. The van der Waals surface area contributed by atoms with Crippen molar-refractivity contribution in [1.29, 1.82) is 5.41 Å². The zero-order chi connectivity index (χ0) is 21.8. The normalized spacial score (nSPS) is 22.7. The summed E-state index contributed by atoms with van der Waals surface area (Å²) < 4.78 is 0. The van der Waals surface area contributed by atoms with E-state index < -0.39 is 0 Å². The predicted molar refractivity (Wildman–Crippen MR) is 120 cm³/mol. The molecule has 0 spiro atoms. The molecule has 2 saturated heterocycles. The van der Waals surface area contributed by atoms with Gasteiger partial charge in [0, 0.05) is 39.1 Å². The monoisotopic (exact) mass is 428 g/mol. The van der Waals surface area contributed by atoms with Crippen LogP contribution < -0.4 is 11.1 Å². The van der Waals surface area contributed by atoms with Crippen molar-refractivity contribution in [3.05, 3.63) is 40.8 Å². The maximum atomic E-state index is 12.6. The number of anilines is 1. The lowest BCUT2D eigenvalue weighted by Gasteiger charge is -2.36. The summed E-state index contributed by atoms with van der Waals surface area (Å²) in [6, 6.07) is 11.0. The standard InChI is InChI=1S/C21H26N4OS.CH2O2/c1-12-3-8-19(27-12)13-4-7-17(18(22)9-13)20(23)21(26)24-14-10-15-5-6-16(11-14)25(15)2;2-1-3/h3-4,7-9,14-16,23H,5-6,10-11,22H2,1-2H3,(H,24,26);1H,(H,2,3). The van der Waals surface area contributed by atoms with Crippen LogP contribution >= 0.6 is 11.3 Å². The molecule has 4 rings (SSSR count). The highest BCUT2D eigenvalue weighted by Gasteiger charge is 2.39. The van der Waals surface area contributed by atoms with E-state index in [4.69, 9.17) is 21.0 Å². The largest absolute Gasteiger partial charge is 0.483 e. The number of carbonyl (C=O) groups is 2. The number of piperidine rings is 1. The second kappa shape index (κ2) is 9.40. The summed E-state index contributed by atoms with van der Waals surface area (Å²) in [7, 11) is 2.18. The molecule has 3 heterocycles. The maximum absolute atomic E-state index is 12.6. The topological polar surface area (TPSA) is 120 Å². The lowest BCUT2D eigenvalue weighted by atomic mass is 9.97. The van der Waals surface area contributed by atoms with Gasteiger partial charge in [-0.1, -0.05) is 6.07 Å². The number of hydrogen-bond donors (Lipinski definition) is 4. The van der Waals surface area contributed by atoms with Crippen LogP contribution in [0.5, 0.6) is 0 Å². The van der Waals surface area contributed by atoms with Crippen LogP contribution in [0, 0.1) is 12.3 Å². The smallest absolute Gasteiger partial charge is 0.290 e. The van der Waals surface area contributed by atoms with Crippen LogP contribution in [0.3, 0.4) is 0 Å². The fourth-order valence-electron chi connectivity index (χ4n) is 4.44. The number of thiophene rings is 1. The minimum atomic E-state index is -0.324. The molecule has 2 fully saturated rings. The third-order valence-corrected chi connectivity index (χ3v) is 7.06. The van der Waals surface area contributed by atoms with E-state index in [0.717, 1.165) is 23.3 Å². The van der Waals surface area contributed by atoms with E-state index in [0.29, 0.717) is 23.3 Å². The molecule has 2 atom stereocenters. The Kier molecular flexibility index (Phi) is 6.89. The molecule has 30 heavy (non-hydrogen) atoms. The van der Waals surface area contributed by atoms with Gasteiger partial charge >= 0.3 is 0 Å². The molecule has 0 saturated carbocycles. The summed E-state index contributed by atoms with van der Waals surface area (Å²) in [5.74, 6) is -0.324. The van der Waals surface area contributed by atoms with Crippen molar-refractivity contribution < 1.29 is 14.7 Å². The Morgan fingerprint density at radius 1 is 1.27 bits per heavy atom. The number of nitrogen functional groups attached to an aromatic ring is 1. The van der Waals surface area contributed by atoms with Gasteiger partial charge in [-0.25, -0.2) is 0 Å². The van der Waals surface area contributed by atoms with Crippen LogP contribution in [0.15, 0.2) is 30.3 Å². The third kappa shape index (κ3) is 4.71. The predicted octanol–water partition coefficient (Wildman–Crippen LogP) is 3.12. The number of benzene rings is 1. The van der Waals surface area contributed by atoms with Gasteiger partial charge in [-0.15, -0.1) is 11.3 Å². The summed E-state index contributed by atoms with van der Waals surface area (Å²) in [6.07, 6.45) is 4.36. The van der Waals surface area contributed by atoms with Gasteiger partial charge in [0.1, 0.15) is 5.71 Å². The molecule has 160 valence electrons. The van der Waals surface area contributed by atoms with E-state index in [2.05, 4.69) is 36.3 Å². The average molecular weight is 429 g/mol. The van der Waals surface area contributed by atoms with Crippen LogP contribution in [0.25, 0.3) is 10.4 Å². The molecular formula is C22H28N4O3S. The van der Waals surface area contributed by atoms with Gasteiger partial charge < -0.3 is 21.1 Å². The van der Waals surface area contributed by atoms with Crippen LogP contribution in [-0.4, -0.2) is 53.3 Å². The van der Waals surface area contributed by atoms with Crippen molar-refractivity contribution in [1.82, 2.24) is 10.2 Å². The first-order chi connectivity index (χ1) is 14.3. The second-order valence-electron chi connectivity index (χ2n) is 7.88. The van der Waals surface area contributed by atoms with E-state index >= 15 is 0 Å². The summed E-state index contributed by atoms with van der Waals surface area (Å²) in [5, 5.41) is 18.3. The van der Waals surface area contributed by atoms with Crippen molar-refractivity contribution in [3.63, 3.8) is 0 Å². The van der Waals surface area contributed by atoms with E-state index in [1.165, 1.54) is 17.7 Å². The molecule has 2 aliphatic rings. The van der Waals surface area contributed by atoms with Crippen molar-refractivity contribution in [2.75, 3.05) is 12.8 Å². The van der Waals surface area contributed by atoms with E-state index in [-0.39, 0.29) is 24.1 Å². The number of fused-ring (bicyclic) bond motifs is 2. The first-order valence-corrected chi connectivity index (χ1v) is 10.8. The van der Waals surface area contributed by atoms with Gasteiger partial charge in [-0.05, 0) is 69.5 Å². The number of rotatable bonds is 4. The van der Waals surface area contributed by atoms with Crippen LogP contribution in [-0.2, 0) is 9.59 Å². The molecule has 7 nitrogen and oxygen atoms in total. The Morgan fingerprint density at radius 2 is 1.90 bits per heavy atom. The Balaban J connectivity index is 0.000000806. The average Bonchev–Trinajstić information content (AvgIpc) is 3.21. The molecule has 2 unspecified atom stereocenters. The summed E-state index contributed by atoms with van der Waals surface area (Å²) >= 11 is 1.71. The molecule has 1 aromatic heterocycles. The first-order valence-electron chi connectivity index (χ1n) is 10.00. The summed E-state index contributed by atoms with van der Waals surface area (Å²) in [4.78, 5) is 25.8. The fourth-order valence-corrected chi connectivity index (χ4v) is 5.31. The number of amides is 1. The quantitative estimate of drug-likeness (QED) is 0.339. The number of nitrogens with one attached hydrogen (secondary N) is 2. The Bertz CT molecular complexity index is 928. The summed E-state index contributed by atoms with van der Waals surface area (Å²) in [6.45, 7) is 1.82. The lowest BCUT2D eigenvalue weighted by molar-refractivity contribution is -0.123. The Hall–Kier alpha value is -2.71. The molecule has 1 aromatic carbocycles. The van der Waals surface area contributed by atoms with Gasteiger partial charge in [0.05, 0.1) is 0 Å². The SMILES string of the molecule is Cc1ccc(-c2ccc(C(=N)C(=O)NC3CC4CCC(C3)N4C)c(N)c2)s1.O=CO. The first kappa shape index (κ1) is 22.0. The molecule has 2 bridgehead atoms. The van der Waals surface area contributed by atoms with Crippen LogP contribution in [0.1, 0.15) is 36.1 Å². The molecule has 0 aliphatic carbocycles. The number of nitrogens with zero attached hydrogens (tertiary/aromatic N) is 1. The molecule has 2 aliphatic heterocycles. The van der Waals surface area contributed by atoms with Gasteiger partial charge in [-0.3, -0.25) is 15.0 Å². The zero-order valence-electron chi connectivity index (χ0n) is 17.2. The van der Waals surface area contributed by atoms with E-state index in [9.17, 15) is 4.79 Å². The second-order valence-corrected chi connectivity index (χ2v) is 9.17. The summed E-state index contributed by atoms with van der Waals surface area (Å²) in [5.41, 5.74) is 8.14. The van der Waals surface area contributed by atoms with Crippen LogP contribution in [0.4, 0.5) is 5.69 Å². The highest BCUT2D eigenvalue weighted by molar-refractivity contribution is 7.15. The Labute approximate surface area is 180 Å². The van der Waals surface area contributed by atoms with Gasteiger partial charge in [-0.2, -0.15) is 0 Å².